The largest absolute Gasteiger partial charge is 0.497 e. The topological polar surface area (TPSA) is 23.4 Å². The van der Waals surface area contributed by atoms with Gasteiger partial charge in [0.15, 0.2) is 0 Å². The summed E-state index contributed by atoms with van der Waals surface area (Å²) >= 11 is 0. The fourth-order valence-corrected chi connectivity index (χ4v) is 4.78. The summed E-state index contributed by atoms with van der Waals surface area (Å²) in [5.41, 5.74) is 3.74. The van der Waals surface area contributed by atoms with Crippen molar-refractivity contribution in [1.29, 1.82) is 0 Å². The third kappa shape index (κ3) is 2.76. The van der Waals surface area contributed by atoms with Gasteiger partial charge in [0.1, 0.15) is 0 Å². The fraction of sp³-hybridized carbons (Fsp3) is 0.214. The average Bonchev–Trinajstić information content (AvgIpc) is 3.22. The van der Waals surface area contributed by atoms with Crippen LogP contribution >= 0.6 is 0 Å². The molecule has 0 spiro atoms. The molecule has 2 heterocycles. The SMILES string of the molecule is CC1(C)OB(c2cccc3c4cc5ccccc5cc4n(-c4ccccc4)c23)OC1(C)C. The zero-order valence-electron chi connectivity index (χ0n) is 18.9. The molecule has 4 heteroatoms. The molecule has 4 aromatic carbocycles. The van der Waals surface area contributed by atoms with Crippen LogP contribution in [-0.4, -0.2) is 22.9 Å². The number of aromatic nitrogens is 1. The molecule has 0 bridgehead atoms. The van der Waals surface area contributed by atoms with E-state index in [1.807, 2.05) is 0 Å². The maximum atomic E-state index is 6.49. The smallest absolute Gasteiger partial charge is 0.399 e. The molecular weight excluding hydrogens is 393 g/mol. The van der Waals surface area contributed by atoms with Crippen LogP contribution in [0.1, 0.15) is 27.7 Å². The Hall–Kier alpha value is -3.08. The molecule has 1 fully saturated rings. The summed E-state index contributed by atoms with van der Waals surface area (Å²) in [4.78, 5) is 0. The molecular formula is C28H26BNO2. The van der Waals surface area contributed by atoms with Gasteiger partial charge in [0.05, 0.1) is 22.2 Å². The Labute approximate surface area is 188 Å². The Balaban J connectivity index is 1.72. The zero-order valence-corrected chi connectivity index (χ0v) is 18.9. The van der Waals surface area contributed by atoms with Crippen LogP contribution in [0.2, 0.25) is 0 Å². The van der Waals surface area contributed by atoms with Crippen LogP contribution in [0.15, 0.2) is 84.9 Å². The van der Waals surface area contributed by atoms with Crippen molar-refractivity contribution in [2.24, 2.45) is 0 Å². The van der Waals surface area contributed by atoms with E-state index in [0.29, 0.717) is 0 Å². The van der Waals surface area contributed by atoms with E-state index >= 15 is 0 Å². The van der Waals surface area contributed by atoms with E-state index in [1.54, 1.807) is 0 Å². The van der Waals surface area contributed by atoms with Gasteiger partial charge >= 0.3 is 7.12 Å². The van der Waals surface area contributed by atoms with E-state index in [4.69, 9.17) is 9.31 Å². The van der Waals surface area contributed by atoms with Gasteiger partial charge in [0.25, 0.3) is 0 Å². The minimum atomic E-state index is -0.426. The lowest BCUT2D eigenvalue weighted by molar-refractivity contribution is 0.00578. The minimum Gasteiger partial charge on any atom is -0.399 e. The maximum Gasteiger partial charge on any atom is 0.497 e. The van der Waals surface area contributed by atoms with Gasteiger partial charge in [-0.3, -0.25) is 0 Å². The predicted molar refractivity (Wildman–Crippen MR) is 134 cm³/mol. The first-order chi connectivity index (χ1) is 15.4. The van der Waals surface area contributed by atoms with Crippen molar-refractivity contribution in [1.82, 2.24) is 4.57 Å². The highest BCUT2D eigenvalue weighted by atomic mass is 16.7. The number of fused-ring (bicyclic) bond motifs is 4. The number of benzene rings is 4. The van der Waals surface area contributed by atoms with E-state index in [-0.39, 0.29) is 0 Å². The third-order valence-corrected chi connectivity index (χ3v) is 7.21. The first-order valence-electron chi connectivity index (χ1n) is 11.2. The molecule has 6 rings (SSSR count). The van der Waals surface area contributed by atoms with Gasteiger partial charge in [-0.1, -0.05) is 60.7 Å². The highest BCUT2D eigenvalue weighted by Crippen LogP contribution is 2.39. The molecule has 0 N–H and O–H groups in total. The second-order valence-corrected chi connectivity index (χ2v) is 9.72. The Morgan fingerprint density at radius 1 is 0.656 bits per heavy atom. The highest BCUT2D eigenvalue weighted by Gasteiger charge is 2.52. The van der Waals surface area contributed by atoms with E-state index in [9.17, 15) is 0 Å². The van der Waals surface area contributed by atoms with Crippen molar-refractivity contribution in [2.45, 2.75) is 38.9 Å². The Kier molecular flexibility index (Phi) is 4.11. The fourth-order valence-electron chi connectivity index (χ4n) is 4.78. The second kappa shape index (κ2) is 6.71. The van der Waals surface area contributed by atoms with Gasteiger partial charge in [0.2, 0.25) is 0 Å². The molecule has 1 aromatic heterocycles. The van der Waals surface area contributed by atoms with Gasteiger partial charge in [-0.25, -0.2) is 0 Å². The maximum absolute atomic E-state index is 6.49. The van der Waals surface area contributed by atoms with Gasteiger partial charge in [-0.05, 0) is 62.7 Å². The van der Waals surface area contributed by atoms with E-state index in [1.165, 1.54) is 27.1 Å². The van der Waals surface area contributed by atoms with Crippen molar-refractivity contribution >= 4 is 45.2 Å². The lowest BCUT2D eigenvalue weighted by atomic mass is 9.77. The minimum absolute atomic E-state index is 0.391. The average molecular weight is 419 g/mol. The monoisotopic (exact) mass is 419 g/mol. The van der Waals surface area contributed by atoms with Gasteiger partial charge in [-0.15, -0.1) is 0 Å². The van der Waals surface area contributed by atoms with Gasteiger partial charge < -0.3 is 13.9 Å². The number of hydrogen-bond donors (Lipinski definition) is 0. The summed E-state index contributed by atoms with van der Waals surface area (Å²) in [5.74, 6) is 0. The van der Waals surface area contributed by atoms with Crippen LogP contribution in [0.25, 0.3) is 38.3 Å². The van der Waals surface area contributed by atoms with Crippen LogP contribution in [0.3, 0.4) is 0 Å². The first-order valence-corrected chi connectivity index (χ1v) is 11.2. The van der Waals surface area contributed by atoms with Crippen molar-refractivity contribution in [2.75, 3.05) is 0 Å². The van der Waals surface area contributed by atoms with E-state index in [0.717, 1.165) is 16.7 Å². The zero-order chi connectivity index (χ0) is 22.1. The molecule has 0 unspecified atom stereocenters. The van der Waals surface area contributed by atoms with Crippen LogP contribution in [0, 0.1) is 0 Å². The van der Waals surface area contributed by atoms with Gasteiger partial charge in [-0.2, -0.15) is 0 Å². The third-order valence-electron chi connectivity index (χ3n) is 7.21. The lowest BCUT2D eigenvalue weighted by Crippen LogP contribution is -2.41. The molecule has 1 aliphatic rings. The van der Waals surface area contributed by atoms with Crippen LogP contribution in [0.5, 0.6) is 0 Å². The number of nitrogens with zero attached hydrogens (tertiary/aromatic N) is 1. The van der Waals surface area contributed by atoms with Crippen LogP contribution in [-0.2, 0) is 9.31 Å². The van der Waals surface area contributed by atoms with Crippen LogP contribution in [0.4, 0.5) is 0 Å². The normalized spacial score (nSPS) is 17.6. The summed E-state index contributed by atoms with van der Waals surface area (Å²) in [6, 6.07) is 30.2. The lowest BCUT2D eigenvalue weighted by Gasteiger charge is -2.32. The Morgan fingerprint density at radius 2 is 1.28 bits per heavy atom. The molecule has 32 heavy (non-hydrogen) atoms. The predicted octanol–water partition coefficient (Wildman–Crippen LogP) is 6.24. The van der Waals surface area contributed by atoms with E-state index < -0.39 is 18.3 Å². The molecule has 1 saturated heterocycles. The molecule has 0 amide bonds. The van der Waals surface area contributed by atoms with Crippen molar-refractivity contribution in [3.63, 3.8) is 0 Å². The molecule has 0 saturated carbocycles. The molecule has 0 aliphatic carbocycles. The molecule has 158 valence electrons. The Bertz CT molecular complexity index is 1470. The summed E-state index contributed by atoms with van der Waals surface area (Å²) in [7, 11) is -0.426. The molecule has 0 radical (unpaired) electrons. The van der Waals surface area contributed by atoms with Crippen molar-refractivity contribution in [3.05, 3.63) is 84.9 Å². The highest BCUT2D eigenvalue weighted by molar-refractivity contribution is 6.65. The van der Waals surface area contributed by atoms with Crippen LogP contribution < -0.4 is 5.46 Å². The van der Waals surface area contributed by atoms with E-state index in [2.05, 4.69) is 117 Å². The summed E-state index contributed by atoms with van der Waals surface area (Å²) in [5, 5.41) is 4.92. The molecule has 0 atom stereocenters. The summed E-state index contributed by atoms with van der Waals surface area (Å²) in [6.07, 6.45) is 0. The number of para-hydroxylation sites is 2. The van der Waals surface area contributed by atoms with Gasteiger partial charge in [0, 0.05) is 21.9 Å². The number of hydrogen-bond acceptors (Lipinski definition) is 2. The molecule has 1 aliphatic heterocycles. The summed E-state index contributed by atoms with van der Waals surface area (Å²) < 4.78 is 15.3. The second-order valence-electron chi connectivity index (χ2n) is 9.72. The summed E-state index contributed by atoms with van der Waals surface area (Å²) in [6.45, 7) is 8.42. The molecule has 5 aromatic rings. The van der Waals surface area contributed by atoms with Crippen molar-refractivity contribution < 1.29 is 9.31 Å². The molecule has 3 nitrogen and oxygen atoms in total. The Morgan fingerprint density at radius 3 is 1.97 bits per heavy atom. The number of rotatable bonds is 2. The van der Waals surface area contributed by atoms with Crippen molar-refractivity contribution in [3.8, 4) is 5.69 Å². The first kappa shape index (κ1) is 19.6. The quantitative estimate of drug-likeness (QED) is 0.317. The standard InChI is InChI=1S/C28H26BNO2/c1-27(2)28(3,4)32-29(31-27)24-16-10-15-22-23-17-19-11-8-9-12-20(19)18-25(23)30(26(22)24)21-13-6-5-7-14-21/h5-18H,1-4H3.